The number of carbonyl (C=O) groups excluding carboxylic acids is 2. The summed E-state index contributed by atoms with van der Waals surface area (Å²) in [5.41, 5.74) is 0.420. The van der Waals surface area contributed by atoms with E-state index in [4.69, 9.17) is 18.9 Å². The molecule has 1 saturated carbocycles. The third-order valence-corrected chi connectivity index (χ3v) is 9.35. The van der Waals surface area contributed by atoms with Crippen molar-refractivity contribution in [2.45, 2.75) is 48.2 Å². The molecule has 1 aliphatic carbocycles. The van der Waals surface area contributed by atoms with Gasteiger partial charge in [0.25, 0.3) is 5.91 Å². The first kappa shape index (κ1) is 27.7. The number of halogens is 2. The Morgan fingerprint density at radius 3 is 2.70 bits per heavy atom. The van der Waals surface area contributed by atoms with Crippen LogP contribution < -0.4 is 15.2 Å². The van der Waals surface area contributed by atoms with E-state index in [1.54, 1.807) is 17.9 Å². The number of benzene rings is 2. The zero-order valence-electron chi connectivity index (χ0n) is 23.1. The molecular weight excluding hydrogens is 584 g/mol. The largest absolute Gasteiger partial charge is 0.511 e. The van der Waals surface area contributed by atoms with Crippen molar-refractivity contribution in [3.63, 3.8) is 0 Å². The lowest BCUT2D eigenvalue weighted by Crippen LogP contribution is -2.68. The summed E-state index contributed by atoms with van der Waals surface area (Å²) < 4.78 is 53.1. The molecule has 4 heterocycles. The lowest BCUT2D eigenvalue weighted by Gasteiger charge is -2.53. The maximum Gasteiger partial charge on any atom is 0.511 e. The number of aromatic nitrogens is 1. The number of morpholine rings is 1. The van der Waals surface area contributed by atoms with Crippen molar-refractivity contribution in [3.05, 3.63) is 92.9 Å². The average Bonchev–Trinajstić information content (AvgIpc) is 3.78. The van der Waals surface area contributed by atoms with E-state index in [0.29, 0.717) is 5.56 Å². The predicted octanol–water partition coefficient (Wildman–Crippen LogP) is 4.31. The topological polar surface area (TPSA) is 99.5 Å². The maximum absolute atomic E-state index is 15.4. The second kappa shape index (κ2) is 10.6. The van der Waals surface area contributed by atoms with E-state index >= 15 is 4.39 Å². The number of rotatable bonds is 5. The van der Waals surface area contributed by atoms with Crippen LogP contribution in [0.3, 0.4) is 0 Å². The molecule has 43 heavy (non-hydrogen) atoms. The Morgan fingerprint density at radius 2 is 1.91 bits per heavy atom. The zero-order valence-corrected chi connectivity index (χ0v) is 23.9. The molecular formula is C30H27F2N3O7S. The molecule has 1 spiro atoms. The number of pyridine rings is 1. The fourth-order valence-electron chi connectivity index (χ4n) is 6.03. The zero-order chi connectivity index (χ0) is 29.9. The monoisotopic (exact) mass is 611 g/mol. The summed E-state index contributed by atoms with van der Waals surface area (Å²) in [7, 11) is 0. The number of amides is 1. The lowest BCUT2D eigenvalue weighted by atomic mass is 9.93. The van der Waals surface area contributed by atoms with Gasteiger partial charge in [-0.3, -0.25) is 19.3 Å². The fourth-order valence-corrected chi connectivity index (χ4v) is 7.14. The van der Waals surface area contributed by atoms with Gasteiger partial charge >= 0.3 is 6.16 Å². The number of hydrogen-bond acceptors (Lipinski definition) is 9. The van der Waals surface area contributed by atoms with Crippen molar-refractivity contribution in [1.29, 1.82) is 0 Å². The Balaban J connectivity index is 1.42. The molecule has 224 valence electrons. The highest BCUT2D eigenvalue weighted by Gasteiger charge is 2.56. The summed E-state index contributed by atoms with van der Waals surface area (Å²) in [6.07, 6.45) is 1.41. The molecule has 2 fully saturated rings. The molecule has 3 aromatic rings. The molecule has 0 unspecified atom stereocenters. The van der Waals surface area contributed by atoms with E-state index in [-0.39, 0.29) is 42.5 Å². The van der Waals surface area contributed by atoms with Gasteiger partial charge in [-0.1, -0.05) is 24.3 Å². The lowest BCUT2D eigenvalue weighted by molar-refractivity contribution is -0.0792. The van der Waals surface area contributed by atoms with Crippen molar-refractivity contribution < 1.29 is 37.3 Å². The molecule has 7 rings (SSSR count). The Labute approximate surface area is 249 Å². The molecule has 2 atom stereocenters. The quantitative estimate of drug-likeness (QED) is 0.309. The van der Waals surface area contributed by atoms with Crippen molar-refractivity contribution in [2.75, 3.05) is 31.6 Å². The molecule has 0 bridgehead atoms. The molecule has 0 radical (unpaired) electrons. The van der Waals surface area contributed by atoms with Gasteiger partial charge in [-0.25, -0.2) is 13.6 Å². The van der Waals surface area contributed by atoms with Gasteiger partial charge in [0.2, 0.25) is 18.0 Å². The van der Waals surface area contributed by atoms with Gasteiger partial charge < -0.3 is 23.8 Å². The number of hydrogen-bond donors (Lipinski definition) is 0. The normalized spacial score (nSPS) is 21.2. The Morgan fingerprint density at radius 1 is 1.09 bits per heavy atom. The van der Waals surface area contributed by atoms with Crippen LogP contribution in [0, 0.1) is 11.6 Å². The van der Waals surface area contributed by atoms with Crippen LogP contribution >= 0.6 is 11.8 Å². The van der Waals surface area contributed by atoms with Crippen LogP contribution in [-0.2, 0) is 20.0 Å². The van der Waals surface area contributed by atoms with Gasteiger partial charge in [-0.15, -0.1) is 11.8 Å². The molecule has 0 N–H and O–H groups in total. The standard InChI is InChI=1S/C30H27F2N3O7S/c1-2-39-29(38)41-16-40-27-21(36)9-12-34-26(27)28(37)33-15-30(10-11-30)42-13-23(33)35(34)25-17-7-8-20(31)24(32)19(17)14-43-22-6-4-3-5-18(22)25/h3-9,12,23,25H,2,10-11,13-16H2,1H3/t23-,25+/m1/s1. The first-order chi connectivity index (χ1) is 20.8. The Kier molecular flexibility index (Phi) is 6.81. The Hall–Kier alpha value is -4.10. The molecule has 3 aliphatic heterocycles. The second-order valence-electron chi connectivity index (χ2n) is 10.7. The van der Waals surface area contributed by atoms with Crippen molar-refractivity contribution in [2.24, 2.45) is 0 Å². The highest BCUT2D eigenvalue weighted by atomic mass is 32.2. The number of thioether (sulfide) groups is 1. The third-order valence-electron chi connectivity index (χ3n) is 8.24. The van der Waals surface area contributed by atoms with Crippen LogP contribution in [0.5, 0.6) is 5.75 Å². The van der Waals surface area contributed by atoms with Gasteiger partial charge in [-0.2, -0.15) is 0 Å². The minimum absolute atomic E-state index is 0.0765. The number of fused-ring (bicyclic) bond motifs is 4. The van der Waals surface area contributed by atoms with Gasteiger partial charge in [0.1, 0.15) is 6.17 Å². The third kappa shape index (κ3) is 4.61. The van der Waals surface area contributed by atoms with Gasteiger partial charge in [-0.05, 0) is 43.0 Å². The minimum Gasteiger partial charge on any atom is -0.451 e. The number of carbonyl (C=O) groups is 2. The molecule has 1 amide bonds. The molecule has 13 heteroatoms. The van der Waals surface area contributed by atoms with Crippen LogP contribution in [0.15, 0.2) is 58.4 Å². The minimum atomic E-state index is -0.984. The second-order valence-corrected chi connectivity index (χ2v) is 11.8. The molecule has 10 nitrogen and oxygen atoms in total. The Bertz CT molecular complexity index is 1690. The molecule has 2 aromatic carbocycles. The van der Waals surface area contributed by atoms with E-state index in [0.717, 1.165) is 29.4 Å². The summed E-state index contributed by atoms with van der Waals surface area (Å²) in [6, 6.07) is 10.8. The number of nitrogens with zero attached hydrogens (tertiary/aromatic N) is 3. The highest BCUT2D eigenvalue weighted by Crippen LogP contribution is 2.48. The molecule has 4 aliphatic rings. The molecule has 1 saturated heterocycles. The van der Waals surface area contributed by atoms with E-state index in [1.807, 2.05) is 29.3 Å². The van der Waals surface area contributed by atoms with E-state index in [9.17, 15) is 18.8 Å². The average molecular weight is 612 g/mol. The van der Waals surface area contributed by atoms with Gasteiger partial charge in [0.05, 0.1) is 31.4 Å². The predicted molar refractivity (Wildman–Crippen MR) is 149 cm³/mol. The first-order valence-corrected chi connectivity index (χ1v) is 14.9. The summed E-state index contributed by atoms with van der Waals surface area (Å²) in [5, 5.41) is 1.87. The van der Waals surface area contributed by atoms with E-state index in [2.05, 4.69) is 0 Å². The van der Waals surface area contributed by atoms with Crippen molar-refractivity contribution in [1.82, 2.24) is 9.58 Å². The fraction of sp³-hybridized carbons (Fsp3) is 0.367. The molecule has 1 aromatic heterocycles. The van der Waals surface area contributed by atoms with Crippen LogP contribution in [0.2, 0.25) is 0 Å². The van der Waals surface area contributed by atoms with E-state index in [1.165, 1.54) is 28.7 Å². The van der Waals surface area contributed by atoms with Crippen molar-refractivity contribution >= 4 is 23.8 Å². The number of ether oxygens (including phenoxy) is 4. The van der Waals surface area contributed by atoms with Gasteiger partial charge in [0, 0.05) is 28.5 Å². The van der Waals surface area contributed by atoms with Crippen LogP contribution in [0.1, 0.15) is 53.0 Å². The maximum atomic E-state index is 15.4. The summed E-state index contributed by atoms with van der Waals surface area (Å²) in [4.78, 5) is 41.6. The summed E-state index contributed by atoms with van der Waals surface area (Å²) >= 11 is 1.40. The highest BCUT2D eigenvalue weighted by molar-refractivity contribution is 7.98. The summed E-state index contributed by atoms with van der Waals surface area (Å²) in [5.74, 6) is -2.44. The van der Waals surface area contributed by atoms with Crippen LogP contribution in [0.4, 0.5) is 13.6 Å². The van der Waals surface area contributed by atoms with E-state index < -0.39 is 53.7 Å². The van der Waals surface area contributed by atoms with Crippen LogP contribution in [-0.4, -0.2) is 60.0 Å². The van der Waals surface area contributed by atoms with Gasteiger partial charge in [0.15, 0.2) is 17.3 Å². The SMILES string of the molecule is CCOC(=O)OCOc1c2n(ccc1=O)N([C@@H]1c3ccccc3SCc3c1ccc(F)c3F)[C@@H]1COC3(CC3)CN1C2=O. The van der Waals surface area contributed by atoms with Crippen LogP contribution in [0.25, 0.3) is 0 Å². The van der Waals surface area contributed by atoms with Crippen molar-refractivity contribution in [3.8, 4) is 5.75 Å². The smallest absolute Gasteiger partial charge is 0.451 e. The summed E-state index contributed by atoms with van der Waals surface area (Å²) in [6.45, 7) is 1.48. The first-order valence-electron chi connectivity index (χ1n) is 13.9.